The molecule has 1 amide bonds. The molecule has 29 heavy (non-hydrogen) atoms. The number of rotatable bonds is 7. The molecule has 0 saturated carbocycles. The van der Waals surface area contributed by atoms with Gasteiger partial charge >= 0.3 is 0 Å². The van der Waals surface area contributed by atoms with Crippen LogP contribution in [0.3, 0.4) is 0 Å². The van der Waals surface area contributed by atoms with Gasteiger partial charge in [0, 0.05) is 42.4 Å². The van der Waals surface area contributed by atoms with E-state index in [0.717, 1.165) is 4.88 Å². The maximum atomic E-state index is 13.1. The minimum Gasteiger partial charge on any atom is -0.354 e. The van der Waals surface area contributed by atoms with Gasteiger partial charge in [0.2, 0.25) is 0 Å². The summed E-state index contributed by atoms with van der Waals surface area (Å²) < 4.78 is 10.6. The van der Waals surface area contributed by atoms with E-state index in [1.54, 1.807) is 17.0 Å². The number of fused-ring (bicyclic) bond motifs is 1. The molecule has 3 heterocycles. The van der Waals surface area contributed by atoms with E-state index < -0.39 is 17.3 Å². The molecule has 10 heteroatoms. The lowest BCUT2D eigenvalue weighted by Gasteiger charge is -2.28. The van der Waals surface area contributed by atoms with Crippen molar-refractivity contribution < 1.29 is 19.2 Å². The summed E-state index contributed by atoms with van der Waals surface area (Å²) in [7, 11) is 3.04. The molecule has 1 atom stereocenters. The smallest absolute Gasteiger partial charge is 0.273 e. The van der Waals surface area contributed by atoms with Crippen molar-refractivity contribution in [1.29, 1.82) is 0 Å². The average molecular weight is 414 g/mol. The monoisotopic (exact) mass is 414 g/mol. The highest BCUT2D eigenvalue weighted by Crippen LogP contribution is 2.44. The lowest BCUT2D eigenvalue weighted by atomic mass is 10.0. The zero-order chi connectivity index (χ0) is 20.5. The van der Waals surface area contributed by atoms with Crippen LogP contribution in [-0.2, 0) is 9.47 Å². The molecule has 1 N–H and O–H groups in total. The number of thiophene rings is 1. The number of hydrogen-bond acceptors (Lipinski definition) is 7. The van der Waals surface area contributed by atoms with Crippen LogP contribution in [-0.4, -0.2) is 53.0 Å². The van der Waals surface area contributed by atoms with Crippen molar-refractivity contribution in [2.75, 3.05) is 20.8 Å². The summed E-state index contributed by atoms with van der Waals surface area (Å²) in [6, 6.07) is 9.71. The van der Waals surface area contributed by atoms with Crippen LogP contribution in [0, 0.1) is 10.1 Å². The van der Waals surface area contributed by atoms with Crippen LogP contribution < -0.4 is 0 Å². The predicted octanol–water partition coefficient (Wildman–Crippen LogP) is 3.21. The van der Waals surface area contributed by atoms with Gasteiger partial charge in [0.15, 0.2) is 6.29 Å². The Balaban J connectivity index is 1.83. The van der Waals surface area contributed by atoms with Crippen LogP contribution >= 0.6 is 11.3 Å². The third kappa shape index (κ3) is 3.31. The van der Waals surface area contributed by atoms with Crippen molar-refractivity contribution >= 4 is 22.9 Å². The second-order valence-corrected chi connectivity index (χ2v) is 7.42. The number of amides is 1. The fourth-order valence-corrected chi connectivity index (χ4v) is 4.37. The number of nitro groups is 1. The van der Waals surface area contributed by atoms with Gasteiger partial charge in [0.1, 0.15) is 5.69 Å². The number of H-pyrrole nitrogens is 1. The third-order valence-electron chi connectivity index (χ3n) is 4.88. The van der Waals surface area contributed by atoms with E-state index in [0.29, 0.717) is 22.5 Å². The number of nitro benzene ring substituents is 1. The van der Waals surface area contributed by atoms with E-state index in [-0.39, 0.29) is 18.1 Å². The first-order chi connectivity index (χ1) is 14.0. The summed E-state index contributed by atoms with van der Waals surface area (Å²) in [5.41, 5.74) is 2.12. The number of ether oxygens (including phenoxy) is 2. The van der Waals surface area contributed by atoms with Gasteiger partial charge in [0.05, 0.1) is 23.2 Å². The SMILES string of the molecule is COC(CN1C(=O)c2[nH]nc(-c3cccc([N+](=O)[O-])c3)c2C1c1cccs1)OC. The van der Waals surface area contributed by atoms with Gasteiger partial charge in [-0.15, -0.1) is 11.3 Å². The first-order valence-corrected chi connectivity index (χ1v) is 9.66. The Morgan fingerprint density at radius 2 is 2.10 bits per heavy atom. The van der Waals surface area contributed by atoms with Crippen molar-refractivity contribution in [1.82, 2.24) is 15.1 Å². The Bertz CT molecular complexity index is 1040. The molecule has 9 nitrogen and oxygen atoms in total. The number of nitrogens with one attached hydrogen (secondary N) is 1. The lowest BCUT2D eigenvalue weighted by Crippen LogP contribution is -2.37. The van der Waals surface area contributed by atoms with Crippen molar-refractivity contribution in [2.45, 2.75) is 12.3 Å². The molecule has 3 aromatic rings. The van der Waals surface area contributed by atoms with Crippen LogP contribution in [0.15, 0.2) is 41.8 Å². The highest BCUT2D eigenvalue weighted by molar-refractivity contribution is 7.10. The van der Waals surface area contributed by atoms with Gasteiger partial charge in [-0.3, -0.25) is 20.0 Å². The summed E-state index contributed by atoms with van der Waals surface area (Å²) in [5, 5.41) is 20.3. The number of carbonyl (C=O) groups is 1. The van der Waals surface area contributed by atoms with Crippen LogP contribution in [0.4, 0.5) is 5.69 Å². The fourth-order valence-electron chi connectivity index (χ4n) is 3.52. The maximum Gasteiger partial charge on any atom is 0.273 e. The Morgan fingerprint density at radius 3 is 2.76 bits per heavy atom. The third-order valence-corrected chi connectivity index (χ3v) is 5.80. The summed E-state index contributed by atoms with van der Waals surface area (Å²) in [6.45, 7) is 0.227. The summed E-state index contributed by atoms with van der Waals surface area (Å²) in [5.74, 6) is -0.221. The zero-order valence-corrected chi connectivity index (χ0v) is 16.5. The number of aromatic nitrogens is 2. The van der Waals surface area contributed by atoms with E-state index in [4.69, 9.17) is 9.47 Å². The van der Waals surface area contributed by atoms with Crippen molar-refractivity contribution in [3.05, 3.63) is 68.0 Å². The van der Waals surface area contributed by atoms with E-state index in [9.17, 15) is 14.9 Å². The van der Waals surface area contributed by atoms with E-state index in [1.807, 2.05) is 17.5 Å². The first kappa shape index (κ1) is 19.2. The molecule has 0 spiro atoms. The van der Waals surface area contributed by atoms with Gasteiger partial charge < -0.3 is 14.4 Å². The maximum absolute atomic E-state index is 13.1. The minimum absolute atomic E-state index is 0.0352. The Morgan fingerprint density at radius 1 is 1.31 bits per heavy atom. The van der Waals surface area contributed by atoms with E-state index in [1.165, 1.54) is 37.7 Å². The molecular formula is C19H18N4O5S. The standard InChI is InChI=1S/C19H18N4O5S/c1-27-14(28-2)10-22-18(13-7-4-8-29-13)15-16(20-21-17(15)19(22)24)11-5-3-6-12(9-11)23(25)26/h3-9,14,18H,10H2,1-2H3,(H,20,21). The summed E-state index contributed by atoms with van der Waals surface area (Å²) >= 11 is 1.52. The highest BCUT2D eigenvalue weighted by atomic mass is 32.1. The molecule has 150 valence electrons. The van der Waals surface area contributed by atoms with Crippen molar-refractivity contribution in [3.63, 3.8) is 0 Å². The van der Waals surface area contributed by atoms with Gasteiger partial charge in [-0.2, -0.15) is 5.10 Å². The molecular weight excluding hydrogens is 396 g/mol. The largest absolute Gasteiger partial charge is 0.354 e. The number of methoxy groups -OCH3 is 2. The Labute approximate surface area is 170 Å². The van der Waals surface area contributed by atoms with Gasteiger partial charge in [-0.05, 0) is 11.4 Å². The van der Waals surface area contributed by atoms with Crippen LogP contribution in [0.2, 0.25) is 0 Å². The molecule has 1 aliphatic heterocycles. The van der Waals surface area contributed by atoms with Gasteiger partial charge in [-0.1, -0.05) is 18.2 Å². The topological polar surface area (TPSA) is 111 Å². The Kier molecular flexibility index (Phi) is 5.14. The van der Waals surface area contributed by atoms with Crippen LogP contribution in [0.25, 0.3) is 11.3 Å². The van der Waals surface area contributed by atoms with Crippen molar-refractivity contribution in [2.24, 2.45) is 0 Å². The molecule has 1 unspecified atom stereocenters. The molecule has 0 fully saturated rings. The second-order valence-electron chi connectivity index (χ2n) is 6.44. The van der Waals surface area contributed by atoms with Crippen molar-refractivity contribution in [3.8, 4) is 11.3 Å². The van der Waals surface area contributed by atoms with E-state index >= 15 is 0 Å². The molecule has 2 aromatic heterocycles. The normalized spacial score (nSPS) is 15.9. The molecule has 0 bridgehead atoms. The predicted molar refractivity (Wildman–Crippen MR) is 106 cm³/mol. The molecule has 0 aliphatic carbocycles. The molecule has 1 aromatic carbocycles. The number of benzene rings is 1. The molecule has 0 saturated heterocycles. The van der Waals surface area contributed by atoms with E-state index in [2.05, 4.69) is 10.2 Å². The quantitative estimate of drug-likeness (QED) is 0.361. The zero-order valence-electron chi connectivity index (χ0n) is 15.7. The molecule has 1 aliphatic rings. The first-order valence-electron chi connectivity index (χ1n) is 8.78. The fraction of sp³-hybridized carbons (Fsp3) is 0.263. The van der Waals surface area contributed by atoms with Gasteiger partial charge in [-0.25, -0.2) is 0 Å². The second kappa shape index (κ2) is 7.74. The molecule has 0 radical (unpaired) electrons. The number of non-ortho nitro benzene ring substituents is 1. The number of aromatic amines is 1. The number of nitrogens with zero attached hydrogens (tertiary/aromatic N) is 3. The number of hydrogen-bond donors (Lipinski definition) is 1. The average Bonchev–Trinajstić information content (AvgIpc) is 3.45. The van der Waals surface area contributed by atoms with Crippen LogP contribution in [0.1, 0.15) is 27.0 Å². The summed E-state index contributed by atoms with van der Waals surface area (Å²) in [4.78, 5) is 26.5. The molecule has 4 rings (SSSR count). The lowest BCUT2D eigenvalue weighted by molar-refractivity contribution is -0.384. The number of carbonyl (C=O) groups excluding carboxylic acids is 1. The van der Waals surface area contributed by atoms with Crippen LogP contribution in [0.5, 0.6) is 0 Å². The Hall–Kier alpha value is -3.08. The minimum atomic E-state index is -0.584. The summed E-state index contributed by atoms with van der Waals surface area (Å²) in [6.07, 6.45) is -0.584. The highest BCUT2D eigenvalue weighted by Gasteiger charge is 2.43. The van der Waals surface area contributed by atoms with Gasteiger partial charge in [0.25, 0.3) is 11.6 Å².